The van der Waals surface area contributed by atoms with Crippen molar-refractivity contribution >= 4 is 23.0 Å². The Kier molecular flexibility index (Phi) is 7.88. The van der Waals surface area contributed by atoms with Gasteiger partial charge in [0.2, 0.25) is 5.78 Å². The van der Waals surface area contributed by atoms with Crippen LogP contribution in [0.2, 0.25) is 0 Å². The Morgan fingerprint density at radius 1 is 1.10 bits per heavy atom. The molecule has 0 radical (unpaired) electrons. The number of fused-ring (bicyclic) bond motifs is 3. The second-order valence-corrected chi connectivity index (χ2v) is 11.5. The second-order valence-electron chi connectivity index (χ2n) is 11.5. The van der Waals surface area contributed by atoms with Gasteiger partial charge in [0.25, 0.3) is 0 Å². The molecule has 1 fully saturated rings. The lowest BCUT2D eigenvalue weighted by atomic mass is 9.57. The van der Waals surface area contributed by atoms with Crippen molar-refractivity contribution < 1.29 is 35.1 Å². The number of phenols is 1. The van der Waals surface area contributed by atoms with Gasteiger partial charge in [0.1, 0.15) is 23.5 Å². The van der Waals surface area contributed by atoms with E-state index >= 15 is 0 Å². The molecule has 5 atom stereocenters. The molecule has 3 aliphatic rings. The monoisotopic (exact) mass is 543 g/mol. The van der Waals surface area contributed by atoms with Crippen molar-refractivity contribution in [1.82, 2.24) is 4.90 Å². The van der Waals surface area contributed by atoms with Crippen LogP contribution in [0, 0.1) is 11.8 Å². The summed E-state index contributed by atoms with van der Waals surface area (Å²) in [7, 11) is 6.97. The molecule has 0 saturated heterocycles. The van der Waals surface area contributed by atoms with E-state index in [1.165, 1.54) is 4.90 Å². The highest BCUT2D eigenvalue weighted by atomic mass is 16.4. The Morgan fingerprint density at radius 2 is 1.77 bits per heavy atom. The number of nitrogens with zero attached hydrogens (tertiary/aromatic N) is 2. The fourth-order valence-corrected chi connectivity index (χ4v) is 6.75. The van der Waals surface area contributed by atoms with E-state index in [-0.39, 0.29) is 29.7 Å². The molecule has 10 nitrogen and oxygen atoms in total. The van der Waals surface area contributed by atoms with E-state index in [1.54, 1.807) is 14.1 Å². The number of benzene rings is 1. The van der Waals surface area contributed by atoms with Crippen molar-refractivity contribution in [1.29, 1.82) is 0 Å². The number of carbonyl (C=O) groups excluding carboxylic acids is 2. The van der Waals surface area contributed by atoms with Crippen LogP contribution >= 0.6 is 0 Å². The van der Waals surface area contributed by atoms with Crippen LogP contribution in [0.15, 0.2) is 23.0 Å². The Hall–Kier alpha value is -2.92. The van der Waals surface area contributed by atoms with E-state index in [2.05, 4.69) is 6.92 Å². The van der Waals surface area contributed by atoms with Gasteiger partial charge in [0.05, 0.1) is 17.2 Å². The van der Waals surface area contributed by atoms with Gasteiger partial charge in [0.15, 0.2) is 11.4 Å². The molecule has 10 heteroatoms. The first-order chi connectivity index (χ1) is 18.3. The fourth-order valence-electron chi connectivity index (χ4n) is 6.75. The molecule has 1 unspecified atom stereocenters. The predicted molar refractivity (Wildman–Crippen MR) is 147 cm³/mol. The van der Waals surface area contributed by atoms with Gasteiger partial charge in [-0.25, -0.2) is 0 Å². The number of rotatable bonds is 8. The van der Waals surface area contributed by atoms with Crippen LogP contribution in [0.4, 0.5) is 5.69 Å². The maximum Gasteiger partial charge on any atom is 0.202 e. The smallest absolute Gasteiger partial charge is 0.202 e. The number of Topliss-reactive ketones (excluding diaryl/α,β-unsaturated/α-hetero) is 2. The Bertz CT molecular complexity index is 1250. The van der Waals surface area contributed by atoms with Gasteiger partial charge in [-0.05, 0) is 62.9 Å². The average molecular weight is 544 g/mol. The van der Waals surface area contributed by atoms with Gasteiger partial charge >= 0.3 is 0 Å². The third-order valence-corrected chi connectivity index (χ3v) is 8.64. The molecule has 0 amide bonds. The Morgan fingerprint density at radius 3 is 2.33 bits per heavy atom. The minimum absolute atomic E-state index is 0.0970. The van der Waals surface area contributed by atoms with Crippen LogP contribution in [0.3, 0.4) is 0 Å². The number of aliphatic hydroxyl groups excluding tert-OH is 3. The summed E-state index contributed by atoms with van der Waals surface area (Å²) in [6.45, 7) is 2.12. The van der Waals surface area contributed by atoms with Gasteiger partial charge in [-0.1, -0.05) is 26.2 Å². The molecule has 1 aromatic carbocycles. The van der Waals surface area contributed by atoms with Crippen molar-refractivity contribution in [2.75, 3.05) is 33.1 Å². The number of unbranched alkanes of at least 4 members (excludes halogenated alkanes) is 3. The molecule has 3 aliphatic carbocycles. The van der Waals surface area contributed by atoms with Gasteiger partial charge in [-0.15, -0.1) is 0 Å². The third kappa shape index (κ3) is 4.43. The van der Waals surface area contributed by atoms with Crippen LogP contribution in [0.5, 0.6) is 5.75 Å². The molecule has 1 aromatic rings. The zero-order chi connectivity index (χ0) is 29.0. The molecule has 0 aliphatic heterocycles. The first kappa shape index (κ1) is 29.1. The van der Waals surface area contributed by atoms with Crippen LogP contribution in [0.1, 0.15) is 55.7 Å². The van der Waals surface area contributed by atoms with Crippen molar-refractivity contribution in [2.24, 2.45) is 17.6 Å². The molecular weight excluding hydrogens is 502 g/mol. The van der Waals surface area contributed by atoms with Crippen molar-refractivity contribution in [3.63, 3.8) is 0 Å². The highest BCUT2D eigenvalue weighted by Gasteiger charge is 2.64. The highest BCUT2D eigenvalue weighted by Crippen LogP contribution is 2.54. The summed E-state index contributed by atoms with van der Waals surface area (Å²) in [6.07, 6.45) is 3.07. The van der Waals surface area contributed by atoms with E-state index in [1.807, 2.05) is 25.1 Å². The first-order valence-corrected chi connectivity index (χ1v) is 13.6. The summed E-state index contributed by atoms with van der Waals surface area (Å²) in [5.74, 6) is -4.76. The highest BCUT2D eigenvalue weighted by molar-refractivity contribution is 6.14. The zero-order valence-corrected chi connectivity index (χ0v) is 23.4. The number of aromatic hydroxyl groups is 1. The zero-order valence-electron chi connectivity index (χ0n) is 23.4. The number of anilines is 1. The van der Waals surface area contributed by atoms with Crippen LogP contribution < -0.4 is 10.6 Å². The number of ketones is 2. The normalized spacial score (nSPS) is 27.5. The quantitative estimate of drug-likeness (QED) is 0.211. The number of likely N-dealkylation sites (N-methyl/N-ethyl adjacent to an activating group) is 1. The van der Waals surface area contributed by atoms with Gasteiger partial charge in [-0.3, -0.25) is 14.5 Å². The van der Waals surface area contributed by atoms with E-state index < -0.39 is 58.4 Å². The van der Waals surface area contributed by atoms with Gasteiger partial charge in [0, 0.05) is 31.3 Å². The average Bonchev–Trinajstić information content (AvgIpc) is 2.84. The Labute approximate surface area is 229 Å². The molecule has 39 heavy (non-hydrogen) atoms. The number of aryl methyl sites for hydroxylation is 1. The van der Waals surface area contributed by atoms with E-state index in [4.69, 9.17) is 5.73 Å². The van der Waals surface area contributed by atoms with Gasteiger partial charge < -0.3 is 36.2 Å². The predicted octanol–water partition coefficient (Wildman–Crippen LogP) is 1.94. The molecule has 1 saturated carbocycles. The summed E-state index contributed by atoms with van der Waals surface area (Å²) in [6, 6.07) is 0.885. The van der Waals surface area contributed by atoms with E-state index in [0.717, 1.165) is 31.4 Å². The molecule has 214 valence electrons. The number of hydrogen-bond donors (Lipinski definition) is 6. The number of phenolic OH excluding ortho intramolecular Hbond substituents is 1. The van der Waals surface area contributed by atoms with Crippen molar-refractivity contribution in [3.05, 3.63) is 39.7 Å². The lowest BCUT2D eigenvalue weighted by Gasteiger charge is -2.50. The van der Waals surface area contributed by atoms with Gasteiger partial charge in [-0.2, -0.15) is 0 Å². The minimum atomic E-state index is -2.58. The first-order valence-electron chi connectivity index (χ1n) is 13.6. The summed E-state index contributed by atoms with van der Waals surface area (Å²) in [5, 5.41) is 55.8. The van der Waals surface area contributed by atoms with E-state index in [9.17, 15) is 35.1 Å². The lowest BCUT2D eigenvalue weighted by molar-refractivity contribution is -0.154. The van der Waals surface area contributed by atoms with Crippen molar-refractivity contribution in [2.45, 2.75) is 69.7 Å². The molecule has 0 spiro atoms. The van der Waals surface area contributed by atoms with Crippen molar-refractivity contribution in [3.8, 4) is 5.75 Å². The van der Waals surface area contributed by atoms with Crippen LogP contribution in [0.25, 0.3) is 5.76 Å². The maximum absolute atomic E-state index is 14.0. The molecule has 7 N–H and O–H groups in total. The number of carbonyl (C=O) groups is 2. The maximum atomic E-state index is 14.0. The molecule has 0 aromatic heterocycles. The van der Waals surface area contributed by atoms with Crippen LogP contribution in [-0.2, 0) is 22.4 Å². The third-order valence-electron chi connectivity index (χ3n) is 8.64. The summed E-state index contributed by atoms with van der Waals surface area (Å²) in [4.78, 5) is 30.8. The molecular formula is C29H41N3O7. The topological polar surface area (TPSA) is 168 Å². The molecule has 4 rings (SSSR count). The molecule has 0 heterocycles. The van der Waals surface area contributed by atoms with E-state index in [0.29, 0.717) is 17.5 Å². The second kappa shape index (κ2) is 10.6. The standard InChI is InChI=1S/C29H41N3O7/c1-6-7-8-9-10-14-13-18(31(2)3)16-11-15-12-17-22(32(4)5)25(35)21(28(30)38)27(37)29(17,39)26(36)19(15)24(34)20(16)23(14)33/h13,15,17,22,28,33-34,37-39H,6-12,30H2,1-5H3/t15-,17-,22-,28?,29-/m0/s1. The minimum Gasteiger partial charge on any atom is -0.508 e. The lowest BCUT2D eigenvalue weighted by Crippen LogP contribution is -2.66. The summed E-state index contributed by atoms with van der Waals surface area (Å²) < 4.78 is 0. The summed E-state index contributed by atoms with van der Waals surface area (Å²) in [5.41, 5.74) is 4.59. The number of hydrogen-bond acceptors (Lipinski definition) is 10. The number of nitrogens with two attached hydrogens (primary N) is 1. The SMILES string of the molecule is CCCCCCc1cc(N(C)C)c2c(c1O)C(O)=C1C(=O)[C@]3(O)C(O)=C(C(N)O)C(=O)[C@@H](N(C)C)[C@@H]3C[C@@H]1C2. The Balaban J connectivity index is 1.91. The molecule has 0 bridgehead atoms. The number of aliphatic hydroxyl groups is 4. The largest absolute Gasteiger partial charge is 0.508 e. The summed E-state index contributed by atoms with van der Waals surface area (Å²) >= 11 is 0. The fraction of sp³-hybridized carbons (Fsp3) is 0.586. The van der Waals surface area contributed by atoms with Crippen LogP contribution in [-0.4, -0.2) is 88.1 Å².